The first-order chi connectivity index (χ1) is 4.38. The Labute approximate surface area is 61.7 Å². The van der Waals surface area contributed by atoms with Crippen LogP contribution in [0.1, 0.15) is 33.1 Å². The van der Waals surface area contributed by atoms with E-state index in [0.29, 0.717) is 0 Å². The third-order valence-electron chi connectivity index (χ3n) is 1.82. The summed E-state index contributed by atoms with van der Waals surface area (Å²) in [5, 5.41) is 0. The maximum absolute atomic E-state index is 2.26. The Kier molecular flexibility index (Phi) is 2.65. The van der Waals surface area contributed by atoms with Crippen LogP contribution in [0.15, 0.2) is 10.5 Å². The summed E-state index contributed by atoms with van der Waals surface area (Å²) in [6.07, 6.45) is 3.88. The van der Waals surface area contributed by atoms with Crippen molar-refractivity contribution in [3.63, 3.8) is 0 Å². The lowest BCUT2D eigenvalue weighted by Crippen LogP contribution is -1.77. The fraction of sp³-hybridized carbons (Fsp3) is 0.750. The average molecular weight is 142 g/mol. The van der Waals surface area contributed by atoms with Crippen molar-refractivity contribution in [3.05, 3.63) is 10.5 Å². The van der Waals surface area contributed by atoms with Crippen LogP contribution in [-0.4, -0.2) is 5.75 Å². The molecule has 0 aliphatic carbocycles. The summed E-state index contributed by atoms with van der Waals surface area (Å²) >= 11 is 2.05. The van der Waals surface area contributed by atoms with Gasteiger partial charge in [-0.25, -0.2) is 0 Å². The lowest BCUT2D eigenvalue weighted by atomic mass is 10.1. The maximum Gasteiger partial charge on any atom is 0.00144 e. The second kappa shape index (κ2) is 3.31. The Bertz CT molecular complexity index is 111. The van der Waals surface area contributed by atoms with Gasteiger partial charge in [0.1, 0.15) is 0 Å². The zero-order valence-corrected chi connectivity index (χ0v) is 7.05. The summed E-state index contributed by atoms with van der Waals surface area (Å²) in [6, 6.07) is 0. The Morgan fingerprint density at radius 2 is 2.11 bits per heavy atom. The summed E-state index contributed by atoms with van der Waals surface area (Å²) < 4.78 is 0. The number of hydrogen-bond acceptors (Lipinski definition) is 1. The van der Waals surface area contributed by atoms with Crippen molar-refractivity contribution in [2.24, 2.45) is 0 Å². The molecule has 0 aromatic carbocycles. The van der Waals surface area contributed by atoms with Crippen molar-refractivity contribution < 1.29 is 0 Å². The molecule has 0 bridgehead atoms. The molecule has 0 radical (unpaired) electrons. The zero-order chi connectivity index (χ0) is 6.69. The molecule has 52 valence electrons. The van der Waals surface area contributed by atoms with Gasteiger partial charge in [-0.3, -0.25) is 0 Å². The quantitative estimate of drug-likeness (QED) is 0.570. The van der Waals surface area contributed by atoms with E-state index in [0.717, 1.165) is 0 Å². The van der Waals surface area contributed by atoms with E-state index in [4.69, 9.17) is 0 Å². The molecule has 0 N–H and O–H groups in total. The van der Waals surface area contributed by atoms with Gasteiger partial charge in [0.05, 0.1) is 0 Å². The van der Waals surface area contributed by atoms with E-state index in [-0.39, 0.29) is 0 Å². The second-order valence-electron chi connectivity index (χ2n) is 2.33. The lowest BCUT2D eigenvalue weighted by Gasteiger charge is -1.97. The average Bonchev–Trinajstić information content (AvgIpc) is 2.33. The largest absolute Gasteiger partial charge is 0.130 e. The van der Waals surface area contributed by atoms with Gasteiger partial charge in [-0.1, -0.05) is 19.4 Å². The zero-order valence-electron chi connectivity index (χ0n) is 6.24. The van der Waals surface area contributed by atoms with E-state index >= 15 is 0 Å². The Morgan fingerprint density at radius 1 is 1.33 bits per heavy atom. The van der Waals surface area contributed by atoms with Crippen molar-refractivity contribution in [2.45, 2.75) is 33.1 Å². The van der Waals surface area contributed by atoms with Gasteiger partial charge in [-0.15, -0.1) is 11.8 Å². The van der Waals surface area contributed by atoms with Gasteiger partial charge in [0, 0.05) is 5.75 Å². The van der Waals surface area contributed by atoms with Crippen molar-refractivity contribution >= 4 is 11.8 Å². The fourth-order valence-electron chi connectivity index (χ4n) is 1.26. The van der Waals surface area contributed by atoms with E-state index in [1.165, 1.54) is 25.0 Å². The molecule has 1 aliphatic heterocycles. The minimum absolute atomic E-state index is 1.26. The molecule has 1 heterocycles. The normalized spacial score (nSPS) is 19.3. The molecule has 1 rings (SSSR count). The molecule has 0 unspecified atom stereocenters. The monoisotopic (exact) mass is 142 g/mol. The molecular formula is C8H14S. The third-order valence-corrected chi connectivity index (χ3v) is 3.16. The van der Waals surface area contributed by atoms with E-state index in [1.54, 1.807) is 10.5 Å². The smallest absolute Gasteiger partial charge is 0.00144 e. The topological polar surface area (TPSA) is 0 Å². The highest BCUT2D eigenvalue weighted by Gasteiger charge is 2.10. The van der Waals surface area contributed by atoms with E-state index in [1.807, 2.05) is 0 Å². The highest BCUT2D eigenvalue weighted by molar-refractivity contribution is 8.03. The molecule has 0 fully saturated rings. The van der Waals surface area contributed by atoms with E-state index < -0.39 is 0 Å². The predicted molar refractivity (Wildman–Crippen MR) is 44.7 cm³/mol. The van der Waals surface area contributed by atoms with Crippen molar-refractivity contribution in [3.8, 4) is 0 Å². The molecule has 1 heteroatoms. The summed E-state index contributed by atoms with van der Waals surface area (Å²) in [5.41, 5.74) is 1.71. The maximum atomic E-state index is 2.26. The van der Waals surface area contributed by atoms with Crippen LogP contribution >= 0.6 is 11.8 Å². The SMILES string of the molecule is CCC1=C(CC)SCC1. The number of rotatable bonds is 2. The van der Waals surface area contributed by atoms with Crippen LogP contribution in [0.3, 0.4) is 0 Å². The molecule has 0 nitrogen and oxygen atoms in total. The predicted octanol–water partition coefficient (Wildman–Crippen LogP) is 3.20. The minimum atomic E-state index is 1.26. The molecule has 0 saturated carbocycles. The van der Waals surface area contributed by atoms with Crippen LogP contribution in [-0.2, 0) is 0 Å². The first kappa shape index (κ1) is 7.20. The van der Waals surface area contributed by atoms with Crippen molar-refractivity contribution in [2.75, 3.05) is 5.75 Å². The number of hydrogen-bond donors (Lipinski definition) is 0. The minimum Gasteiger partial charge on any atom is -0.130 e. The molecule has 0 aromatic heterocycles. The summed E-state index contributed by atoms with van der Waals surface area (Å²) in [5.74, 6) is 1.34. The highest BCUT2D eigenvalue weighted by atomic mass is 32.2. The van der Waals surface area contributed by atoms with Crippen LogP contribution < -0.4 is 0 Å². The van der Waals surface area contributed by atoms with Gasteiger partial charge < -0.3 is 0 Å². The van der Waals surface area contributed by atoms with Gasteiger partial charge in [0.2, 0.25) is 0 Å². The first-order valence-electron chi connectivity index (χ1n) is 3.72. The molecule has 1 aliphatic rings. The van der Waals surface area contributed by atoms with Gasteiger partial charge in [0.25, 0.3) is 0 Å². The molecule has 0 saturated heterocycles. The van der Waals surface area contributed by atoms with Gasteiger partial charge in [-0.05, 0) is 24.2 Å². The van der Waals surface area contributed by atoms with Crippen LogP contribution in [0.2, 0.25) is 0 Å². The van der Waals surface area contributed by atoms with E-state index in [2.05, 4.69) is 25.6 Å². The molecule has 9 heavy (non-hydrogen) atoms. The Hall–Kier alpha value is 0.0900. The molecule has 0 aromatic rings. The van der Waals surface area contributed by atoms with Crippen LogP contribution in [0.4, 0.5) is 0 Å². The summed E-state index contributed by atoms with van der Waals surface area (Å²) in [7, 11) is 0. The fourth-order valence-corrected chi connectivity index (χ4v) is 2.51. The van der Waals surface area contributed by atoms with Crippen LogP contribution in [0.25, 0.3) is 0 Å². The van der Waals surface area contributed by atoms with Crippen LogP contribution in [0.5, 0.6) is 0 Å². The Balaban J connectivity index is 2.59. The number of thioether (sulfide) groups is 1. The van der Waals surface area contributed by atoms with Gasteiger partial charge in [0.15, 0.2) is 0 Å². The van der Waals surface area contributed by atoms with Crippen molar-refractivity contribution in [1.82, 2.24) is 0 Å². The number of allylic oxidation sites excluding steroid dienone is 2. The molecule has 0 amide bonds. The summed E-state index contributed by atoms with van der Waals surface area (Å²) in [4.78, 5) is 1.66. The lowest BCUT2D eigenvalue weighted by molar-refractivity contribution is 0.975. The highest BCUT2D eigenvalue weighted by Crippen LogP contribution is 2.34. The standard InChI is InChI=1S/C8H14S/c1-3-7-5-6-9-8(7)4-2/h3-6H2,1-2H3. The molecular weight excluding hydrogens is 128 g/mol. The molecule has 0 atom stereocenters. The second-order valence-corrected chi connectivity index (χ2v) is 3.52. The first-order valence-corrected chi connectivity index (χ1v) is 4.70. The Morgan fingerprint density at radius 3 is 2.56 bits per heavy atom. The molecule has 0 spiro atoms. The van der Waals surface area contributed by atoms with Gasteiger partial charge >= 0.3 is 0 Å². The third kappa shape index (κ3) is 1.51. The summed E-state index contributed by atoms with van der Waals surface area (Å²) in [6.45, 7) is 4.51. The van der Waals surface area contributed by atoms with Crippen molar-refractivity contribution in [1.29, 1.82) is 0 Å². The van der Waals surface area contributed by atoms with Gasteiger partial charge in [-0.2, -0.15) is 0 Å². The van der Waals surface area contributed by atoms with Crippen LogP contribution in [0, 0.1) is 0 Å². The van der Waals surface area contributed by atoms with E-state index in [9.17, 15) is 0 Å².